The average Bonchev–Trinajstić information content (AvgIpc) is 4.14. The third-order valence-electron chi connectivity index (χ3n) is 11.6. The van der Waals surface area contributed by atoms with Crippen LogP contribution in [0.5, 0.6) is 11.6 Å². The van der Waals surface area contributed by atoms with Gasteiger partial charge in [-0.1, -0.05) is 23.5 Å². The van der Waals surface area contributed by atoms with Crippen molar-refractivity contribution in [3.8, 4) is 17.7 Å². The number of hydrogen-bond acceptors (Lipinski definition) is 23. The molecular formula is C45H40N10O17S7. The Kier molecular flexibility index (Phi) is 16.1. The van der Waals surface area contributed by atoms with E-state index in [1.165, 1.54) is 37.3 Å². The number of rotatable bonds is 19. The molecule has 34 heteroatoms. The van der Waals surface area contributed by atoms with Gasteiger partial charge in [-0.2, -0.15) is 52.5 Å². The molecule has 3 aromatic heterocycles. The predicted molar refractivity (Wildman–Crippen MR) is 288 cm³/mol. The summed E-state index contributed by atoms with van der Waals surface area (Å²) in [5.41, 5.74) is 0.895. The van der Waals surface area contributed by atoms with Gasteiger partial charge in [0.1, 0.15) is 43.9 Å². The summed E-state index contributed by atoms with van der Waals surface area (Å²) in [4.78, 5) is 7.26. The van der Waals surface area contributed by atoms with Crippen LogP contribution >= 0.6 is 23.1 Å². The van der Waals surface area contributed by atoms with E-state index in [9.17, 15) is 75.2 Å². The van der Waals surface area contributed by atoms with Crippen LogP contribution < -0.4 is 4.74 Å². The van der Waals surface area contributed by atoms with Crippen LogP contribution in [0.1, 0.15) is 40.7 Å². The van der Waals surface area contributed by atoms with E-state index in [2.05, 4.69) is 40.7 Å². The van der Waals surface area contributed by atoms with Crippen molar-refractivity contribution in [3.05, 3.63) is 88.5 Å². The molecule has 414 valence electrons. The summed E-state index contributed by atoms with van der Waals surface area (Å²) >= 11 is 1.90. The van der Waals surface area contributed by atoms with Gasteiger partial charge in [-0.25, -0.2) is 9.97 Å². The van der Waals surface area contributed by atoms with E-state index in [-0.39, 0.29) is 113 Å². The summed E-state index contributed by atoms with van der Waals surface area (Å²) in [5.74, 6) is -1.79. The minimum atomic E-state index is -4.88. The van der Waals surface area contributed by atoms with Crippen molar-refractivity contribution >= 4 is 145 Å². The molecule has 6 N–H and O–H groups in total. The molecule has 0 atom stereocenters. The normalized spacial score (nSPS) is 13.1. The molecule has 8 aromatic rings. The Morgan fingerprint density at radius 3 is 1.92 bits per heavy atom. The number of imidazole rings is 1. The molecule has 0 fully saturated rings. The number of nitriles is 1. The van der Waals surface area contributed by atoms with Gasteiger partial charge < -0.3 is 9.84 Å². The Bertz CT molecular complexity index is 4610. The molecule has 0 saturated heterocycles. The highest BCUT2D eigenvalue weighted by atomic mass is 32.2. The fourth-order valence-electron chi connectivity index (χ4n) is 7.92. The second kappa shape index (κ2) is 21.9. The largest absolute Gasteiger partial charge is 0.493 e. The molecule has 79 heavy (non-hydrogen) atoms. The first-order chi connectivity index (χ1) is 36.8. The van der Waals surface area contributed by atoms with Crippen molar-refractivity contribution in [2.24, 2.45) is 30.7 Å². The van der Waals surface area contributed by atoms with Gasteiger partial charge in [0.2, 0.25) is 11.0 Å². The number of nitrogens with zero attached hydrogens (tertiary/aromatic N) is 10. The second-order valence-corrected chi connectivity index (χ2v) is 26.7. The molecule has 27 nitrogen and oxygen atoms in total. The van der Waals surface area contributed by atoms with Crippen molar-refractivity contribution in [3.63, 3.8) is 0 Å². The zero-order valence-electron chi connectivity index (χ0n) is 41.0. The van der Waals surface area contributed by atoms with Crippen molar-refractivity contribution in [2.75, 3.05) is 23.9 Å². The fraction of sp³-hybridized carbons (Fsp3) is 0.222. The Balaban J connectivity index is 1.19. The van der Waals surface area contributed by atoms with Gasteiger partial charge in [0.25, 0.3) is 50.6 Å². The van der Waals surface area contributed by atoms with Crippen LogP contribution in [0.4, 0.5) is 33.6 Å². The van der Waals surface area contributed by atoms with E-state index >= 15 is 0 Å². The number of fused-ring (bicyclic) bond motifs is 6. The SMILES string of the molecule is Cc1cc(N=Nc2cc(OCCCS(=O)(=O)O)c(N=Nc3c(C)c(C#N)c4nc5c(S(=O)(=O)O)ccc(C)c5n4c3O)cc2C)c(SCCCS(=O)(=O)O)cc1N=Nc1nc2c(S(=O)(=O)O)cc3ccc(S(=O)(=O)O)cc3c2s1. The van der Waals surface area contributed by atoms with Crippen LogP contribution in [0.25, 0.3) is 37.7 Å². The first kappa shape index (κ1) is 58.1. The lowest BCUT2D eigenvalue weighted by molar-refractivity contribution is 0.317. The molecule has 0 aliphatic rings. The molecule has 0 radical (unpaired) electrons. The highest BCUT2D eigenvalue weighted by molar-refractivity contribution is 7.99. The number of pyridine rings is 1. The summed E-state index contributed by atoms with van der Waals surface area (Å²) < 4.78 is 175. The summed E-state index contributed by atoms with van der Waals surface area (Å²) in [5, 5.41) is 48.2. The van der Waals surface area contributed by atoms with Crippen LogP contribution in [-0.4, -0.2) is 108 Å². The zero-order valence-corrected chi connectivity index (χ0v) is 46.7. The highest BCUT2D eigenvalue weighted by Crippen LogP contribution is 2.45. The number of benzene rings is 5. The van der Waals surface area contributed by atoms with Crippen LogP contribution in [0.3, 0.4) is 0 Å². The van der Waals surface area contributed by atoms with E-state index in [4.69, 9.17) is 4.74 Å². The van der Waals surface area contributed by atoms with E-state index in [0.29, 0.717) is 21.6 Å². The number of thiazole rings is 1. The third-order valence-corrected chi connectivity index (χ3v) is 18.0. The summed E-state index contributed by atoms with van der Waals surface area (Å²) in [6.07, 6.45) is -0.203. The van der Waals surface area contributed by atoms with E-state index in [1.54, 1.807) is 26.8 Å². The Hall–Kier alpha value is -7.01. The van der Waals surface area contributed by atoms with Gasteiger partial charge >= 0.3 is 0 Å². The molecule has 8 rings (SSSR count). The number of thioether (sulfide) groups is 1. The Labute approximate surface area is 457 Å². The van der Waals surface area contributed by atoms with Gasteiger partial charge in [0.05, 0.1) is 50.3 Å². The number of aromatic nitrogens is 3. The van der Waals surface area contributed by atoms with Gasteiger partial charge in [0, 0.05) is 21.9 Å². The van der Waals surface area contributed by atoms with Crippen LogP contribution in [0.2, 0.25) is 0 Å². The van der Waals surface area contributed by atoms with E-state index in [0.717, 1.165) is 51.8 Å². The number of aromatic hydroxyl groups is 1. The molecule has 0 unspecified atom stereocenters. The molecular weight excluding hydrogens is 1180 g/mol. The van der Waals surface area contributed by atoms with Crippen molar-refractivity contribution in [1.82, 2.24) is 14.4 Å². The number of ether oxygens (including phenoxy) is 1. The molecule has 0 aliphatic heterocycles. The maximum atomic E-state index is 12.5. The lowest BCUT2D eigenvalue weighted by atomic mass is 10.1. The first-order valence-corrected chi connectivity index (χ1v) is 31.7. The monoisotopic (exact) mass is 1220 g/mol. The molecule has 0 bridgehead atoms. The predicted octanol–water partition coefficient (Wildman–Crippen LogP) is 10.1. The van der Waals surface area contributed by atoms with Crippen molar-refractivity contribution in [2.45, 2.75) is 60.1 Å². The summed E-state index contributed by atoms with van der Waals surface area (Å²) in [6.45, 7) is 5.97. The maximum Gasteiger partial charge on any atom is 0.296 e. The quantitative estimate of drug-likeness (QED) is 0.0190. The highest BCUT2D eigenvalue weighted by Gasteiger charge is 2.27. The van der Waals surface area contributed by atoms with Gasteiger partial charge in [-0.05, 0) is 111 Å². The Morgan fingerprint density at radius 1 is 0.658 bits per heavy atom. The van der Waals surface area contributed by atoms with Crippen LogP contribution in [0.15, 0.2) is 111 Å². The van der Waals surface area contributed by atoms with Crippen molar-refractivity contribution in [1.29, 1.82) is 5.26 Å². The molecule has 3 heterocycles. The lowest BCUT2D eigenvalue weighted by Crippen LogP contribution is -2.08. The summed E-state index contributed by atoms with van der Waals surface area (Å²) in [6, 6.07) is 14.9. The topological polar surface area (TPSA) is 429 Å². The minimum absolute atomic E-state index is 0.0101. The minimum Gasteiger partial charge on any atom is -0.493 e. The van der Waals surface area contributed by atoms with E-state index < -0.39 is 82.7 Å². The molecule has 5 aromatic carbocycles. The standard InChI is InChI=1S/C45H40N10O17S7/c1-22-7-10-36(78(66,67)68)39-41(22)55-43(47-39)29(21-46)25(4)38(44(55)56)53-51-32-15-23(2)30(19-34(32)72-11-5-13-75(57,58)59)49-52-33-16-24(3)31(20-35(33)73-12-6-14-76(60,61)62)50-54-45-48-40-37(79(69,70)71)17-26-8-9-27(77(63,64)65)18-28(26)42(40)74-45/h7-10,15-20,56H,5-6,11-14H2,1-4H3,(H,57,58,59)(H,60,61,62)(H,63,64,65)(H,66,67,68)(H,69,70,71). The first-order valence-electron chi connectivity index (χ1n) is 22.4. The molecule has 0 amide bonds. The van der Waals surface area contributed by atoms with Crippen LogP contribution in [-0.2, 0) is 50.6 Å². The smallest absolute Gasteiger partial charge is 0.296 e. The Morgan fingerprint density at radius 2 is 1.28 bits per heavy atom. The maximum absolute atomic E-state index is 12.5. The average molecular weight is 1220 g/mol. The van der Waals surface area contributed by atoms with E-state index in [1.807, 2.05) is 6.07 Å². The zero-order chi connectivity index (χ0) is 57.7. The van der Waals surface area contributed by atoms with Crippen LogP contribution in [0, 0.1) is 39.0 Å². The number of azo groups is 3. The van der Waals surface area contributed by atoms with Gasteiger partial charge in [-0.3, -0.25) is 27.2 Å². The lowest BCUT2D eigenvalue weighted by Gasteiger charge is -2.12. The molecule has 0 saturated carbocycles. The van der Waals surface area contributed by atoms with Crippen molar-refractivity contribution < 1.29 is 74.7 Å². The van der Waals surface area contributed by atoms with Gasteiger partial charge in [0.15, 0.2) is 11.3 Å². The van der Waals surface area contributed by atoms with Gasteiger partial charge in [-0.15, -0.1) is 37.3 Å². The second-order valence-electron chi connectivity index (χ2n) is 17.3. The molecule has 0 spiro atoms. The third kappa shape index (κ3) is 12.9. The number of hydrogen-bond donors (Lipinski definition) is 6. The molecule has 0 aliphatic carbocycles. The summed E-state index contributed by atoms with van der Waals surface area (Å²) in [7, 11) is -23.1. The fourth-order valence-corrected chi connectivity index (χ4v) is 12.8. The number of aryl methyl sites for hydroxylation is 3.